The van der Waals surface area contributed by atoms with Crippen molar-refractivity contribution in [3.63, 3.8) is 0 Å². The van der Waals surface area contributed by atoms with Crippen molar-refractivity contribution in [1.29, 1.82) is 0 Å². The Morgan fingerprint density at radius 1 is 0.667 bits per heavy atom. The van der Waals surface area contributed by atoms with Crippen LogP contribution in [0.15, 0.2) is 121 Å². The van der Waals surface area contributed by atoms with Crippen molar-refractivity contribution in [3.8, 4) is 34.1 Å². The van der Waals surface area contributed by atoms with Crippen LogP contribution in [-0.4, -0.2) is 26.2 Å². The van der Waals surface area contributed by atoms with Gasteiger partial charge in [-0.25, -0.2) is 0 Å². The predicted octanol–water partition coefficient (Wildman–Crippen LogP) is 13.7. The summed E-state index contributed by atoms with van der Waals surface area (Å²) >= 11 is 0. The minimum absolute atomic E-state index is 0.150. The van der Waals surface area contributed by atoms with Crippen molar-refractivity contribution in [2.45, 2.75) is 90.1 Å². The summed E-state index contributed by atoms with van der Waals surface area (Å²) in [6, 6.07) is 39.0. The monoisotopic (exact) mass is 799 g/mol. The zero-order chi connectivity index (χ0) is 41.7. The minimum atomic E-state index is -0.967. The summed E-state index contributed by atoms with van der Waals surface area (Å²) in [4.78, 5) is 13.6. The lowest BCUT2D eigenvalue weighted by molar-refractivity contribution is 0.102. The van der Waals surface area contributed by atoms with Gasteiger partial charge in [0.15, 0.2) is 5.60 Å². The average molecular weight is 800 g/mol. The summed E-state index contributed by atoms with van der Waals surface area (Å²) in [7, 11) is 1.74. The van der Waals surface area contributed by atoms with Crippen LogP contribution in [0.1, 0.15) is 117 Å². The molecule has 6 aromatic carbocycles. The van der Waals surface area contributed by atoms with Crippen molar-refractivity contribution < 1.29 is 23.7 Å². The van der Waals surface area contributed by atoms with Gasteiger partial charge in [0.25, 0.3) is 5.91 Å². The SMILES string of the molecule is CCCCOc1ccc(C2(c3ccc(OCCCC)cc3)C=Cc3c4c(c5cc(NC(=O)c6ccccc6)ccc5c3O2)-c2ccc(OC)cc2C4(CCC)CCC)cc1. The number of methoxy groups -OCH3 is 1. The second-order valence-corrected chi connectivity index (χ2v) is 16.2. The largest absolute Gasteiger partial charge is 0.497 e. The molecule has 0 radical (unpaired) electrons. The van der Waals surface area contributed by atoms with Crippen LogP contribution in [0.3, 0.4) is 0 Å². The van der Waals surface area contributed by atoms with E-state index >= 15 is 0 Å². The van der Waals surface area contributed by atoms with E-state index in [0.717, 1.165) is 108 Å². The molecule has 0 bridgehead atoms. The number of ether oxygens (including phenoxy) is 4. The normalized spacial score (nSPS) is 14.2. The Hall–Kier alpha value is -6.01. The number of unbranched alkanes of at least 4 members (excludes halogenated alkanes) is 2. The Bertz CT molecular complexity index is 2430. The zero-order valence-corrected chi connectivity index (χ0v) is 35.7. The van der Waals surface area contributed by atoms with Gasteiger partial charge in [-0.05, 0) is 126 Å². The molecule has 1 aliphatic carbocycles. The molecule has 6 nitrogen and oxygen atoms in total. The third-order valence-electron chi connectivity index (χ3n) is 12.3. The standard InChI is InChI=1S/C54H57NO5/c1-6-10-33-58-41-22-17-38(18-23-41)54(39-19-24-42(25-20-39)59-34-11-7-2)32-29-46-50-49(45-28-26-43(57-5)36-48(45)53(50,30-8-3)31-9-4)47-35-40(21-27-44(47)51(46)60-54)55-52(56)37-15-13-12-14-16-37/h12-29,32,35-36H,6-11,30-31,33-34H2,1-5H3,(H,55,56). The van der Waals surface area contributed by atoms with Crippen LogP contribution in [0.2, 0.25) is 0 Å². The number of hydrogen-bond donors (Lipinski definition) is 1. The fourth-order valence-corrected chi connectivity index (χ4v) is 9.43. The molecule has 1 heterocycles. The van der Waals surface area contributed by atoms with Gasteiger partial charge in [0, 0.05) is 38.7 Å². The van der Waals surface area contributed by atoms with Gasteiger partial charge in [-0.15, -0.1) is 0 Å². The van der Waals surface area contributed by atoms with Crippen molar-refractivity contribution in [3.05, 3.63) is 155 Å². The van der Waals surface area contributed by atoms with E-state index in [2.05, 4.69) is 124 Å². The molecule has 0 unspecified atom stereocenters. The highest BCUT2D eigenvalue weighted by Gasteiger charge is 2.48. The van der Waals surface area contributed by atoms with Gasteiger partial charge in [-0.2, -0.15) is 0 Å². The Morgan fingerprint density at radius 3 is 1.87 bits per heavy atom. The number of fused-ring (bicyclic) bond motifs is 8. The van der Waals surface area contributed by atoms with E-state index in [1.54, 1.807) is 7.11 Å². The molecule has 8 rings (SSSR count). The number of anilines is 1. The first kappa shape index (κ1) is 40.8. The first-order chi connectivity index (χ1) is 29.4. The van der Waals surface area contributed by atoms with Gasteiger partial charge in [-0.1, -0.05) is 108 Å². The van der Waals surface area contributed by atoms with E-state index in [4.69, 9.17) is 18.9 Å². The third kappa shape index (κ3) is 7.42. The first-order valence-corrected chi connectivity index (χ1v) is 21.9. The predicted molar refractivity (Wildman–Crippen MR) is 245 cm³/mol. The van der Waals surface area contributed by atoms with E-state index in [1.807, 2.05) is 36.4 Å². The molecule has 0 saturated heterocycles. The molecule has 308 valence electrons. The van der Waals surface area contributed by atoms with Crippen LogP contribution in [0.25, 0.3) is 28.0 Å². The number of carbonyl (C=O) groups is 1. The Labute approximate surface area is 355 Å². The minimum Gasteiger partial charge on any atom is -0.497 e. The van der Waals surface area contributed by atoms with Crippen LogP contribution >= 0.6 is 0 Å². The van der Waals surface area contributed by atoms with Crippen LogP contribution in [0.4, 0.5) is 5.69 Å². The van der Waals surface area contributed by atoms with Crippen LogP contribution in [0, 0.1) is 0 Å². The number of amides is 1. The van der Waals surface area contributed by atoms with Gasteiger partial charge < -0.3 is 24.3 Å². The maximum atomic E-state index is 13.6. The molecule has 0 saturated carbocycles. The summed E-state index contributed by atoms with van der Waals surface area (Å²) in [5, 5.41) is 5.24. The lowest BCUT2D eigenvalue weighted by atomic mass is 9.69. The van der Waals surface area contributed by atoms with Gasteiger partial charge in [0.2, 0.25) is 0 Å². The Morgan fingerprint density at radius 2 is 1.28 bits per heavy atom. The highest BCUT2D eigenvalue weighted by molar-refractivity contribution is 6.11. The van der Waals surface area contributed by atoms with Gasteiger partial charge >= 0.3 is 0 Å². The number of hydrogen-bond acceptors (Lipinski definition) is 5. The second-order valence-electron chi connectivity index (χ2n) is 16.2. The maximum Gasteiger partial charge on any atom is 0.255 e. The Balaban J connectivity index is 1.36. The summed E-state index contributed by atoms with van der Waals surface area (Å²) < 4.78 is 25.8. The molecular weight excluding hydrogens is 743 g/mol. The van der Waals surface area contributed by atoms with Gasteiger partial charge in [-0.3, -0.25) is 4.79 Å². The van der Waals surface area contributed by atoms with Crippen molar-refractivity contribution in [2.24, 2.45) is 0 Å². The fourth-order valence-electron chi connectivity index (χ4n) is 9.43. The average Bonchev–Trinajstić information content (AvgIpc) is 3.56. The van der Waals surface area contributed by atoms with Crippen molar-refractivity contribution in [1.82, 2.24) is 0 Å². The maximum absolute atomic E-state index is 13.6. The molecule has 60 heavy (non-hydrogen) atoms. The molecule has 0 fully saturated rings. The lowest BCUT2D eigenvalue weighted by Crippen LogP contribution is -2.35. The van der Waals surface area contributed by atoms with E-state index in [0.29, 0.717) is 18.8 Å². The highest BCUT2D eigenvalue weighted by atomic mass is 16.5. The van der Waals surface area contributed by atoms with Crippen LogP contribution < -0.4 is 24.3 Å². The van der Waals surface area contributed by atoms with E-state index in [9.17, 15) is 4.79 Å². The van der Waals surface area contributed by atoms with Crippen molar-refractivity contribution >= 4 is 28.4 Å². The number of carbonyl (C=O) groups excluding carboxylic acids is 1. The zero-order valence-electron chi connectivity index (χ0n) is 35.7. The summed E-state index contributed by atoms with van der Waals surface area (Å²) in [6.07, 6.45) is 12.7. The van der Waals surface area contributed by atoms with Gasteiger partial charge in [0.1, 0.15) is 23.0 Å². The summed E-state index contributed by atoms with van der Waals surface area (Å²) in [5.41, 5.74) is 8.15. The molecule has 0 atom stereocenters. The molecule has 1 amide bonds. The topological polar surface area (TPSA) is 66.0 Å². The van der Waals surface area contributed by atoms with E-state index < -0.39 is 5.60 Å². The lowest BCUT2D eigenvalue weighted by Gasteiger charge is -2.40. The highest BCUT2D eigenvalue weighted by Crippen LogP contribution is 2.61. The number of benzene rings is 6. The van der Waals surface area contributed by atoms with Crippen LogP contribution in [-0.2, 0) is 11.0 Å². The van der Waals surface area contributed by atoms with E-state index in [-0.39, 0.29) is 11.3 Å². The van der Waals surface area contributed by atoms with E-state index in [1.165, 1.54) is 22.3 Å². The molecule has 6 aromatic rings. The number of rotatable bonds is 17. The molecule has 1 N–H and O–H groups in total. The molecule has 2 aliphatic rings. The quantitative estimate of drug-likeness (QED) is 0.0931. The molecule has 0 aromatic heterocycles. The molecule has 6 heteroatoms. The first-order valence-electron chi connectivity index (χ1n) is 21.9. The smallest absolute Gasteiger partial charge is 0.255 e. The summed E-state index contributed by atoms with van der Waals surface area (Å²) in [5.74, 6) is 3.21. The van der Waals surface area contributed by atoms with Gasteiger partial charge in [0.05, 0.1) is 20.3 Å². The Kier molecular flexibility index (Phi) is 12.0. The molecular formula is C54H57NO5. The summed E-state index contributed by atoms with van der Waals surface area (Å²) in [6.45, 7) is 10.3. The van der Waals surface area contributed by atoms with Crippen LogP contribution in [0.5, 0.6) is 23.0 Å². The number of nitrogens with one attached hydrogen (secondary N) is 1. The van der Waals surface area contributed by atoms with Crippen molar-refractivity contribution in [2.75, 3.05) is 25.6 Å². The fraction of sp³-hybridized carbons (Fsp3) is 0.315. The second kappa shape index (κ2) is 17.7. The molecule has 0 spiro atoms. The third-order valence-corrected chi connectivity index (χ3v) is 12.3. The molecule has 1 aliphatic heterocycles.